The third-order valence-electron chi connectivity index (χ3n) is 2.12. The predicted octanol–water partition coefficient (Wildman–Crippen LogP) is 3.59. The molecular formula is C10H5Br2ClFN3O2S. The van der Waals surface area contributed by atoms with E-state index in [-0.39, 0.29) is 20.3 Å². The molecule has 0 atom stereocenters. The SMILES string of the molecule is O=S(=O)(Nc1ncc(Br)nc1Br)c1ccc(F)cc1Cl. The van der Waals surface area contributed by atoms with E-state index in [9.17, 15) is 12.8 Å². The van der Waals surface area contributed by atoms with Crippen molar-refractivity contribution in [1.82, 2.24) is 9.97 Å². The highest BCUT2D eigenvalue weighted by atomic mass is 79.9. The zero-order chi connectivity index (χ0) is 14.9. The highest BCUT2D eigenvalue weighted by Gasteiger charge is 2.20. The fraction of sp³-hybridized carbons (Fsp3) is 0. The molecule has 0 aliphatic heterocycles. The third-order valence-corrected chi connectivity index (χ3v) is 4.87. The number of anilines is 1. The van der Waals surface area contributed by atoms with Crippen molar-refractivity contribution >= 4 is 59.3 Å². The molecule has 0 fully saturated rings. The molecule has 20 heavy (non-hydrogen) atoms. The summed E-state index contributed by atoms with van der Waals surface area (Å²) in [4.78, 5) is 7.56. The van der Waals surface area contributed by atoms with E-state index in [4.69, 9.17) is 11.6 Å². The molecule has 1 aromatic heterocycles. The molecule has 0 radical (unpaired) electrons. The van der Waals surface area contributed by atoms with E-state index in [0.717, 1.165) is 18.2 Å². The number of aromatic nitrogens is 2. The van der Waals surface area contributed by atoms with E-state index in [2.05, 4.69) is 46.5 Å². The van der Waals surface area contributed by atoms with Crippen molar-refractivity contribution in [3.8, 4) is 0 Å². The number of sulfonamides is 1. The van der Waals surface area contributed by atoms with Gasteiger partial charge in [0.05, 0.1) is 11.2 Å². The van der Waals surface area contributed by atoms with Gasteiger partial charge in [-0.2, -0.15) is 0 Å². The zero-order valence-electron chi connectivity index (χ0n) is 9.44. The fourth-order valence-corrected chi connectivity index (χ4v) is 3.88. The maximum Gasteiger partial charge on any atom is 0.264 e. The Hall–Kier alpha value is -0.770. The van der Waals surface area contributed by atoms with Gasteiger partial charge in [-0.25, -0.2) is 22.8 Å². The van der Waals surface area contributed by atoms with Gasteiger partial charge in [0.2, 0.25) is 0 Å². The van der Waals surface area contributed by atoms with Gasteiger partial charge in [0.25, 0.3) is 10.0 Å². The molecule has 0 saturated heterocycles. The molecule has 2 rings (SSSR count). The third kappa shape index (κ3) is 3.46. The average molecular weight is 445 g/mol. The Labute approximate surface area is 135 Å². The monoisotopic (exact) mass is 443 g/mol. The van der Waals surface area contributed by atoms with Crippen molar-refractivity contribution in [3.05, 3.63) is 44.4 Å². The number of benzene rings is 1. The summed E-state index contributed by atoms with van der Waals surface area (Å²) in [6.45, 7) is 0. The number of hydrogen-bond acceptors (Lipinski definition) is 4. The lowest BCUT2D eigenvalue weighted by atomic mass is 10.3. The van der Waals surface area contributed by atoms with Crippen LogP contribution in [0.5, 0.6) is 0 Å². The van der Waals surface area contributed by atoms with Gasteiger partial charge in [0, 0.05) is 0 Å². The Morgan fingerprint density at radius 1 is 1.30 bits per heavy atom. The Morgan fingerprint density at radius 3 is 2.60 bits per heavy atom. The van der Waals surface area contributed by atoms with Gasteiger partial charge in [-0.15, -0.1) is 0 Å². The van der Waals surface area contributed by atoms with Crippen molar-refractivity contribution in [2.75, 3.05) is 4.72 Å². The van der Waals surface area contributed by atoms with E-state index in [1.54, 1.807) is 0 Å². The molecular weight excluding hydrogens is 440 g/mol. The minimum Gasteiger partial charge on any atom is -0.261 e. The Kier molecular flexibility index (Phi) is 4.62. The zero-order valence-corrected chi connectivity index (χ0v) is 14.2. The van der Waals surface area contributed by atoms with E-state index in [1.807, 2.05) is 0 Å². The smallest absolute Gasteiger partial charge is 0.261 e. The molecule has 5 nitrogen and oxygen atoms in total. The van der Waals surface area contributed by atoms with Crippen molar-refractivity contribution in [1.29, 1.82) is 0 Å². The van der Waals surface area contributed by atoms with E-state index >= 15 is 0 Å². The van der Waals surface area contributed by atoms with E-state index in [1.165, 1.54) is 6.20 Å². The molecule has 0 spiro atoms. The van der Waals surface area contributed by atoms with Crippen molar-refractivity contribution in [2.24, 2.45) is 0 Å². The van der Waals surface area contributed by atoms with Crippen LogP contribution in [0.2, 0.25) is 5.02 Å². The minimum absolute atomic E-state index is 0.00593. The molecule has 0 unspecified atom stereocenters. The molecule has 1 heterocycles. The van der Waals surface area contributed by atoms with E-state index in [0.29, 0.717) is 4.60 Å². The summed E-state index contributed by atoms with van der Waals surface area (Å²) < 4.78 is 40.1. The van der Waals surface area contributed by atoms with Crippen molar-refractivity contribution in [2.45, 2.75) is 4.90 Å². The Bertz CT molecular complexity index is 773. The summed E-state index contributed by atoms with van der Waals surface area (Å²) in [5, 5.41) is -0.223. The molecule has 0 aliphatic carbocycles. The van der Waals surface area contributed by atoms with Gasteiger partial charge in [0.15, 0.2) is 10.4 Å². The molecule has 0 amide bonds. The van der Waals surface area contributed by atoms with Crippen LogP contribution in [-0.4, -0.2) is 18.4 Å². The van der Waals surface area contributed by atoms with E-state index < -0.39 is 15.8 Å². The second kappa shape index (κ2) is 5.92. The number of rotatable bonds is 3. The number of halogens is 4. The number of nitrogens with zero attached hydrogens (tertiary/aromatic N) is 2. The van der Waals surface area contributed by atoms with Gasteiger partial charge in [-0.05, 0) is 50.1 Å². The molecule has 0 bridgehead atoms. The van der Waals surface area contributed by atoms with Gasteiger partial charge in [0.1, 0.15) is 15.3 Å². The summed E-state index contributed by atoms with van der Waals surface area (Å²) in [6.07, 6.45) is 1.33. The lowest BCUT2D eigenvalue weighted by Gasteiger charge is -2.09. The summed E-state index contributed by atoms with van der Waals surface area (Å²) >= 11 is 11.9. The van der Waals surface area contributed by atoms with Crippen LogP contribution in [0.25, 0.3) is 0 Å². The first kappa shape index (κ1) is 15.6. The lowest BCUT2D eigenvalue weighted by Crippen LogP contribution is -2.15. The van der Waals surface area contributed by atoms with Crippen molar-refractivity contribution < 1.29 is 12.8 Å². The molecule has 1 N–H and O–H groups in total. The highest BCUT2D eigenvalue weighted by Crippen LogP contribution is 2.26. The summed E-state index contributed by atoms with van der Waals surface area (Å²) in [5.74, 6) is -0.632. The Morgan fingerprint density at radius 2 is 2.00 bits per heavy atom. The summed E-state index contributed by atoms with van der Waals surface area (Å²) in [7, 11) is -3.99. The van der Waals surface area contributed by atoms with Crippen LogP contribution in [0.15, 0.2) is 38.5 Å². The molecule has 1 aromatic carbocycles. The average Bonchev–Trinajstić information content (AvgIpc) is 2.32. The molecule has 106 valence electrons. The van der Waals surface area contributed by atoms with Crippen LogP contribution in [0, 0.1) is 5.82 Å². The largest absolute Gasteiger partial charge is 0.264 e. The van der Waals surface area contributed by atoms with Crippen molar-refractivity contribution in [3.63, 3.8) is 0 Å². The predicted molar refractivity (Wildman–Crippen MR) is 79.7 cm³/mol. The Balaban J connectivity index is 2.41. The van der Waals surface area contributed by atoms with Crippen LogP contribution in [0.3, 0.4) is 0 Å². The van der Waals surface area contributed by atoms with Crippen LogP contribution in [0.4, 0.5) is 10.2 Å². The fourth-order valence-electron chi connectivity index (χ4n) is 1.29. The first-order chi connectivity index (χ1) is 9.29. The first-order valence-electron chi connectivity index (χ1n) is 4.95. The first-order valence-corrected chi connectivity index (χ1v) is 8.40. The van der Waals surface area contributed by atoms with Gasteiger partial charge in [-0.3, -0.25) is 4.72 Å². The topological polar surface area (TPSA) is 72.0 Å². The summed E-state index contributed by atoms with van der Waals surface area (Å²) in [6, 6.07) is 2.99. The van der Waals surface area contributed by atoms with Gasteiger partial charge in [-0.1, -0.05) is 11.6 Å². The number of nitrogens with one attached hydrogen (secondary N) is 1. The quantitative estimate of drug-likeness (QED) is 0.784. The normalized spacial score (nSPS) is 11.4. The molecule has 0 saturated carbocycles. The minimum atomic E-state index is -3.99. The second-order valence-electron chi connectivity index (χ2n) is 3.51. The summed E-state index contributed by atoms with van der Waals surface area (Å²) in [5.41, 5.74) is 0. The van der Waals surface area contributed by atoms with Crippen LogP contribution >= 0.6 is 43.5 Å². The van der Waals surface area contributed by atoms with Crippen LogP contribution < -0.4 is 4.72 Å². The maximum atomic E-state index is 12.9. The van der Waals surface area contributed by atoms with Gasteiger partial charge < -0.3 is 0 Å². The van der Waals surface area contributed by atoms with Crippen LogP contribution in [0.1, 0.15) is 0 Å². The lowest BCUT2D eigenvalue weighted by molar-refractivity contribution is 0.599. The molecule has 0 aliphatic rings. The van der Waals surface area contributed by atoms with Crippen LogP contribution in [-0.2, 0) is 10.0 Å². The van der Waals surface area contributed by atoms with Gasteiger partial charge >= 0.3 is 0 Å². The standard InChI is InChI=1S/C10H5Br2ClFN3O2S/c11-8-4-15-10(9(12)16-8)17-20(18,19)7-2-1-5(14)3-6(7)13/h1-4H,(H,15,17). The number of hydrogen-bond donors (Lipinski definition) is 1. The molecule has 2 aromatic rings. The second-order valence-corrected chi connectivity index (χ2v) is 7.13. The molecule has 10 heteroatoms. The maximum absolute atomic E-state index is 12.9. The highest BCUT2D eigenvalue weighted by molar-refractivity contribution is 9.11.